The van der Waals surface area contributed by atoms with Gasteiger partial charge in [0.25, 0.3) is 0 Å². The zero-order chi connectivity index (χ0) is 11.4. The van der Waals surface area contributed by atoms with Crippen LogP contribution in [0.25, 0.3) is 0 Å². The first-order chi connectivity index (χ1) is 7.06. The molecule has 1 saturated heterocycles. The lowest BCUT2D eigenvalue weighted by molar-refractivity contribution is -0.140. The Kier molecular flexibility index (Phi) is 4.08. The van der Waals surface area contributed by atoms with Crippen LogP contribution in [0, 0.1) is 0 Å². The van der Waals surface area contributed by atoms with Gasteiger partial charge >= 0.3 is 5.97 Å². The average Bonchev–Trinajstić information content (AvgIpc) is 2.62. The fourth-order valence-corrected chi connectivity index (χ4v) is 1.93. The van der Waals surface area contributed by atoms with Gasteiger partial charge < -0.3 is 15.7 Å². The number of aliphatic carboxylic acids is 1. The zero-order valence-corrected chi connectivity index (χ0v) is 8.98. The van der Waals surface area contributed by atoms with Crippen molar-refractivity contribution in [3.05, 3.63) is 0 Å². The lowest BCUT2D eigenvalue weighted by Gasteiger charge is -2.26. The van der Waals surface area contributed by atoms with Crippen molar-refractivity contribution in [3.63, 3.8) is 0 Å². The number of carbonyl (C=O) groups excluding carboxylic acids is 1. The van der Waals surface area contributed by atoms with Crippen molar-refractivity contribution in [1.29, 1.82) is 0 Å². The first kappa shape index (κ1) is 12.0. The number of carboxylic acid groups (broad SMARTS) is 1. The van der Waals surface area contributed by atoms with Gasteiger partial charge in [0.2, 0.25) is 5.91 Å². The van der Waals surface area contributed by atoms with E-state index in [9.17, 15) is 9.59 Å². The molecule has 2 atom stereocenters. The highest BCUT2D eigenvalue weighted by Crippen LogP contribution is 2.21. The number of nitrogens with zero attached hydrogens (tertiary/aromatic N) is 1. The summed E-state index contributed by atoms with van der Waals surface area (Å²) in [6, 6.07) is -0.646. The normalized spacial score (nSPS) is 22.8. The second kappa shape index (κ2) is 5.11. The summed E-state index contributed by atoms with van der Waals surface area (Å²) < 4.78 is 0. The third-order valence-corrected chi connectivity index (χ3v) is 2.83. The predicted molar refractivity (Wildman–Crippen MR) is 55.3 cm³/mol. The fourth-order valence-electron chi connectivity index (χ4n) is 1.93. The molecule has 5 heteroatoms. The van der Waals surface area contributed by atoms with Crippen molar-refractivity contribution in [2.45, 2.75) is 44.7 Å². The Balaban J connectivity index is 2.59. The van der Waals surface area contributed by atoms with E-state index in [0.717, 1.165) is 12.8 Å². The summed E-state index contributed by atoms with van der Waals surface area (Å²) in [6.07, 6.45) is 2.27. The molecule has 0 saturated carbocycles. The van der Waals surface area contributed by atoms with Gasteiger partial charge in [0.1, 0.15) is 0 Å². The van der Waals surface area contributed by atoms with Crippen LogP contribution in [-0.2, 0) is 9.59 Å². The summed E-state index contributed by atoms with van der Waals surface area (Å²) in [6.45, 7) is 2.50. The number of carboxylic acids is 1. The molecule has 0 aromatic rings. The molecule has 1 amide bonds. The molecule has 0 radical (unpaired) electrons. The third-order valence-electron chi connectivity index (χ3n) is 2.83. The summed E-state index contributed by atoms with van der Waals surface area (Å²) in [5, 5.41) is 8.70. The molecule has 15 heavy (non-hydrogen) atoms. The second-order valence-electron chi connectivity index (χ2n) is 3.94. The molecule has 1 aliphatic rings. The quantitative estimate of drug-likeness (QED) is 0.699. The Morgan fingerprint density at radius 2 is 2.27 bits per heavy atom. The van der Waals surface area contributed by atoms with E-state index in [2.05, 4.69) is 0 Å². The highest BCUT2D eigenvalue weighted by molar-refractivity contribution is 5.82. The summed E-state index contributed by atoms with van der Waals surface area (Å²) in [7, 11) is 0. The van der Waals surface area contributed by atoms with Crippen LogP contribution in [0.2, 0.25) is 0 Å². The Morgan fingerprint density at radius 3 is 2.80 bits per heavy atom. The molecule has 86 valence electrons. The number of carbonyl (C=O) groups is 2. The van der Waals surface area contributed by atoms with Gasteiger partial charge in [-0.25, -0.2) is 0 Å². The number of amides is 1. The van der Waals surface area contributed by atoms with Crippen LogP contribution >= 0.6 is 0 Å². The van der Waals surface area contributed by atoms with E-state index in [1.54, 1.807) is 4.90 Å². The van der Waals surface area contributed by atoms with Crippen LogP contribution in [0.15, 0.2) is 0 Å². The van der Waals surface area contributed by atoms with Crippen LogP contribution in [-0.4, -0.2) is 40.5 Å². The molecule has 0 spiro atoms. The molecule has 0 aliphatic carbocycles. The Morgan fingerprint density at radius 1 is 1.60 bits per heavy atom. The lowest BCUT2D eigenvalue weighted by atomic mass is 10.1. The minimum Gasteiger partial charge on any atom is -0.481 e. The largest absolute Gasteiger partial charge is 0.481 e. The van der Waals surface area contributed by atoms with Crippen molar-refractivity contribution < 1.29 is 14.7 Å². The SMILES string of the molecule is CC[C@H](N)C(=O)N1CCCC1CC(=O)O. The van der Waals surface area contributed by atoms with Gasteiger partial charge in [-0.15, -0.1) is 0 Å². The van der Waals surface area contributed by atoms with Crippen molar-refractivity contribution in [2.75, 3.05) is 6.54 Å². The van der Waals surface area contributed by atoms with E-state index in [4.69, 9.17) is 10.8 Å². The summed E-state index contributed by atoms with van der Waals surface area (Å²) in [5.41, 5.74) is 5.65. The average molecular weight is 214 g/mol. The minimum absolute atomic E-state index is 0.0299. The van der Waals surface area contributed by atoms with Crippen LogP contribution < -0.4 is 5.73 Å². The van der Waals surface area contributed by atoms with E-state index in [0.29, 0.717) is 13.0 Å². The summed E-state index contributed by atoms with van der Waals surface area (Å²) in [4.78, 5) is 24.0. The van der Waals surface area contributed by atoms with Gasteiger partial charge in [-0.2, -0.15) is 0 Å². The number of hydrogen-bond donors (Lipinski definition) is 2. The Labute approximate surface area is 89.2 Å². The molecule has 0 aromatic carbocycles. The Bertz CT molecular complexity index is 255. The lowest BCUT2D eigenvalue weighted by Crippen LogP contribution is -2.46. The highest BCUT2D eigenvalue weighted by atomic mass is 16.4. The molecule has 5 nitrogen and oxygen atoms in total. The van der Waals surface area contributed by atoms with Gasteiger partial charge in [-0.3, -0.25) is 9.59 Å². The maximum absolute atomic E-state index is 11.8. The van der Waals surface area contributed by atoms with Gasteiger partial charge in [0, 0.05) is 12.6 Å². The second-order valence-corrected chi connectivity index (χ2v) is 3.94. The van der Waals surface area contributed by atoms with Gasteiger partial charge in [0.15, 0.2) is 0 Å². The van der Waals surface area contributed by atoms with E-state index in [-0.39, 0.29) is 18.4 Å². The van der Waals surface area contributed by atoms with Crippen LogP contribution in [0.5, 0.6) is 0 Å². The number of nitrogens with two attached hydrogens (primary N) is 1. The summed E-state index contributed by atoms with van der Waals surface area (Å²) in [5.74, 6) is -0.967. The first-order valence-corrected chi connectivity index (χ1v) is 5.34. The molecule has 0 bridgehead atoms. The fraction of sp³-hybridized carbons (Fsp3) is 0.800. The van der Waals surface area contributed by atoms with E-state index in [1.807, 2.05) is 6.92 Å². The topological polar surface area (TPSA) is 83.6 Å². The first-order valence-electron chi connectivity index (χ1n) is 5.34. The smallest absolute Gasteiger partial charge is 0.305 e. The molecule has 1 rings (SSSR count). The van der Waals surface area contributed by atoms with Gasteiger partial charge in [-0.05, 0) is 19.3 Å². The minimum atomic E-state index is -0.857. The zero-order valence-electron chi connectivity index (χ0n) is 8.98. The highest BCUT2D eigenvalue weighted by Gasteiger charge is 2.32. The van der Waals surface area contributed by atoms with Crippen molar-refractivity contribution in [1.82, 2.24) is 4.90 Å². The molecule has 0 aromatic heterocycles. The van der Waals surface area contributed by atoms with E-state index in [1.165, 1.54) is 0 Å². The van der Waals surface area contributed by atoms with Gasteiger partial charge in [0.05, 0.1) is 12.5 Å². The molecule has 1 unspecified atom stereocenters. The predicted octanol–water partition coefficient (Wildman–Crippen LogP) is 0.189. The van der Waals surface area contributed by atoms with Crippen LogP contribution in [0.3, 0.4) is 0 Å². The third kappa shape index (κ3) is 2.92. The number of hydrogen-bond acceptors (Lipinski definition) is 3. The van der Waals surface area contributed by atoms with Crippen molar-refractivity contribution >= 4 is 11.9 Å². The van der Waals surface area contributed by atoms with Gasteiger partial charge in [-0.1, -0.05) is 6.92 Å². The molecule has 1 fully saturated rings. The number of likely N-dealkylation sites (tertiary alicyclic amines) is 1. The Hall–Kier alpha value is -1.10. The van der Waals surface area contributed by atoms with E-state index >= 15 is 0 Å². The van der Waals surface area contributed by atoms with Crippen molar-refractivity contribution in [2.24, 2.45) is 5.73 Å². The van der Waals surface area contributed by atoms with Crippen LogP contribution in [0.1, 0.15) is 32.6 Å². The maximum Gasteiger partial charge on any atom is 0.305 e. The molecule has 3 N–H and O–H groups in total. The van der Waals surface area contributed by atoms with E-state index < -0.39 is 12.0 Å². The monoisotopic (exact) mass is 214 g/mol. The number of rotatable bonds is 4. The van der Waals surface area contributed by atoms with Crippen LogP contribution in [0.4, 0.5) is 0 Å². The molecule has 1 heterocycles. The molecular formula is C10H18N2O3. The molecular weight excluding hydrogens is 196 g/mol. The standard InChI is InChI=1S/C10H18N2O3/c1-2-8(11)10(15)12-5-3-4-7(12)6-9(13)14/h7-8H,2-6,11H2,1H3,(H,13,14)/t7?,8-/m0/s1. The molecule has 1 aliphatic heterocycles. The van der Waals surface area contributed by atoms with Crippen molar-refractivity contribution in [3.8, 4) is 0 Å². The maximum atomic E-state index is 11.8. The summed E-state index contributed by atoms with van der Waals surface area (Å²) >= 11 is 0.